The number of anilines is 2. The van der Waals surface area contributed by atoms with E-state index in [1.165, 1.54) is 7.11 Å². The first kappa shape index (κ1) is 59.4. The fourth-order valence-corrected chi connectivity index (χ4v) is 6.06. The van der Waals surface area contributed by atoms with Crippen LogP contribution in [0.2, 0.25) is 0 Å². The summed E-state index contributed by atoms with van der Waals surface area (Å²) in [5.41, 5.74) is 20.9. The van der Waals surface area contributed by atoms with E-state index >= 15 is 0 Å². The number of hydrogen-bond donors (Lipinski definition) is 6. The van der Waals surface area contributed by atoms with Gasteiger partial charge in [0.05, 0.1) is 43.2 Å². The van der Waals surface area contributed by atoms with E-state index < -0.39 is 23.5 Å². The van der Waals surface area contributed by atoms with Gasteiger partial charge in [-0.25, -0.2) is 4.79 Å². The van der Waals surface area contributed by atoms with Gasteiger partial charge in [0.1, 0.15) is 40.8 Å². The molecular formula is C48H71N13O8. The van der Waals surface area contributed by atoms with Crippen LogP contribution >= 0.6 is 0 Å². The second-order valence-electron chi connectivity index (χ2n) is 15.6. The van der Waals surface area contributed by atoms with Crippen molar-refractivity contribution in [1.29, 1.82) is 0 Å². The SMILES string of the molecule is C=Nc1cc(C(N)=O)cc(OC)c1N(C/C=C/CN(CNC)c1c(N=C)cc(C(N)=O)cc1OC/C=C/CNC(=O)OC(C)(C)C)CNC.CCN=C(C=O)/C=C(/C)N.CCn1nc(C)cc1C=O. The summed E-state index contributed by atoms with van der Waals surface area (Å²) < 4.78 is 18.6. The number of ether oxygens (including phenoxy) is 3. The molecule has 21 heteroatoms. The van der Waals surface area contributed by atoms with E-state index in [1.807, 2.05) is 49.8 Å². The fraction of sp³-hybridized carbons (Fsp3) is 0.396. The monoisotopic (exact) mass is 958 g/mol. The summed E-state index contributed by atoms with van der Waals surface area (Å²) in [6.45, 7) is 23.5. The van der Waals surface area contributed by atoms with Gasteiger partial charge >= 0.3 is 6.09 Å². The summed E-state index contributed by atoms with van der Waals surface area (Å²) in [6.07, 6.45) is 9.93. The number of hydrogen-bond acceptors (Lipinski definition) is 17. The Morgan fingerprint density at radius 3 is 1.78 bits per heavy atom. The average molecular weight is 958 g/mol. The van der Waals surface area contributed by atoms with Crippen LogP contribution in [-0.2, 0) is 16.1 Å². The van der Waals surface area contributed by atoms with E-state index in [0.29, 0.717) is 90.6 Å². The predicted molar refractivity (Wildman–Crippen MR) is 275 cm³/mol. The van der Waals surface area contributed by atoms with Crippen molar-refractivity contribution in [1.82, 2.24) is 25.7 Å². The van der Waals surface area contributed by atoms with E-state index in [0.717, 1.165) is 18.5 Å². The number of aliphatic imine (C=N–C) groups is 3. The molecule has 9 N–H and O–H groups in total. The number of nitrogens with two attached hydrogens (primary N) is 3. The Balaban J connectivity index is 0.000000974. The second-order valence-corrected chi connectivity index (χ2v) is 15.6. The lowest BCUT2D eigenvalue weighted by Crippen LogP contribution is -2.34. The lowest BCUT2D eigenvalue weighted by Gasteiger charge is -2.28. The Labute approximate surface area is 405 Å². The molecule has 0 fully saturated rings. The average Bonchev–Trinajstić information content (AvgIpc) is 3.68. The number of carbonyl (C=O) groups excluding carboxylic acids is 5. The van der Waals surface area contributed by atoms with Crippen LogP contribution in [0.3, 0.4) is 0 Å². The molecule has 0 aliphatic heterocycles. The number of nitrogens with one attached hydrogen (secondary N) is 3. The first-order valence-corrected chi connectivity index (χ1v) is 21.8. The Hall–Kier alpha value is -7.65. The number of carbonyl (C=O) groups is 5. The first-order valence-electron chi connectivity index (χ1n) is 21.8. The molecule has 0 radical (unpaired) electrons. The van der Waals surface area contributed by atoms with Crippen LogP contribution in [-0.4, -0.2) is 132 Å². The van der Waals surface area contributed by atoms with Crippen molar-refractivity contribution in [2.45, 2.75) is 60.6 Å². The van der Waals surface area contributed by atoms with Crippen molar-refractivity contribution >= 4 is 72.4 Å². The normalized spacial score (nSPS) is 11.4. The number of amides is 3. The molecule has 3 rings (SSSR count). The van der Waals surface area contributed by atoms with Gasteiger partial charge in [0.2, 0.25) is 11.8 Å². The molecule has 0 saturated carbocycles. The molecule has 0 saturated heterocycles. The van der Waals surface area contributed by atoms with E-state index in [4.69, 9.17) is 31.4 Å². The Bertz CT molecular complexity index is 2310. The number of rotatable bonds is 25. The minimum atomic E-state index is -0.643. The molecule has 0 atom stereocenters. The van der Waals surface area contributed by atoms with Gasteiger partial charge in [-0.1, -0.05) is 18.2 Å². The van der Waals surface area contributed by atoms with Gasteiger partial charge in [0, 0.05) is 49.5 Å². The van der Waals surface area contributed by atoms with Crippen LogP contribution in [0.25, 0.3) is 0 Å². The third kappa shape index (κ3) is 21.2. The number of benzene rings is 2. The third-order valence-corrected chi connectivity index (χ3v) is 8.84. The van der Waals surface area contributed by atoms with Crippen LogP contribution in [0.5, 0.6) is 11.5 Å². The quantitative estimate of drug-likeness (QED) is 0.0289. The third-order valence-electron chi connectivity index (χ3n) is 8.84. The summed E-state index contributed by atoms with van der Waals surface area (Å²) in [6, 6.07) is 8.04. The van der Waals surface area contributed by atoms with Gasteiger partial charge < -0.3 is 57.2 Å². The van der Waals surface area contributed by atoms with Crippen LogP contribution < -0.4 is 52.4 Å². The van der Waals surface area contributed by atoms with Crippen LogP contribution in [0.4, 0.5) is 27.5 Å². The number of primary amides is 2. The van der Waals surface area contributed by atoms with Crippen molar-refractivity contribution in [3.05, 3.63) is 88.9 Å². The van der Waals surface area contributed by atoms with Gasteiger partial charge in [-0.3, -0.25) is 38.8 Å². The molecule has 3 amide bonds. The molecule has 376 valence electrons. The molecule has 0 aliphatic rings. The standard InChI is InChI=1S/C34H49N9O6.C7H10N2O.C7H12N2O/c1-34(2,3)49-33(46)41-13-9-12-16-48-28-20-24(32(36)45)18-26(40-7)30(28)43(22-38-5)15-11-10-14-42(21-37-4)29-25(39-6)17-23(31(35)44)19-27(29)47-8;1-3-9-7(5-10)4-6(2)8-9;1-3-9-7(5-10)4-6(2)8/h9-12,17-20,37-38H,6-7,13-16,21-22H2,1-5,8H3,(H2,35,44)(H2,36,45)(H,41,46);4-5H,3H2,1-2H3;4-5H,3,8H2,1-2H3/b11-10+,12-9+;;6-4-,9-7?. The van der Waals surface area contributed by atoms with Gasteiger partial charge in [0.25, 0.3) is 0 Å². The Kier molecular flexibility index (Phi) is 27.0. The minimum Gasteiger partial charge on any atom is -0.494 e. The summed E-state index contributed by atoms with van der Waals surface area (Å²) in [5.74, 6) is -0.459. The lowest BCUT2D eigenvalue weighted by atomic mass is 10.1. The van der Waals surface area contributed by atoms with E-state index in [-0.39, 0.29) is 24.3 Å². The molecule has 69 heavy (non-hydrogen) atoms. The van der Waals surface area contributed by atoms with Crippen molar-refractivity contribution in [2.75, 3.05) is 77.1 Å². The zero-order valence-corrected chi connectivity index (χ0v) is 41.6. The summed E-state index contributed by atoms with van der Waals surface area (Å²) >= 11 is 0. The van der Waals surface area contributed by atoms with Crippen molar-refractivity contribution in [2.24, 2.45) is 32.2 Å². The van der Waals surface area contributed by atoms with Crippen LogP contribution in [0, 0.1) is 6.92 Å². The molecule has 1 heterocycles. The summed E-state index contributed by atoms with van der Waals surface area (Å²) in [4.78, 5) is 72.6. The van der Waals surface area contributed by atoms with E-state index in [2.05, 4.69) is 49.5 Å². The molecule has 2 aromatic carbocycles. The number of aromatic nitrogens is 2. The topological polar surface area (TPSA) is 289 Å². The molecule has 1 aromatic heterocycles. The summed E-state index contributed by atoms with van der Waals surface area (Å²) in [7, 11) is 5.12. The van der Waals surface area contributed by atoms with Crippen LogP contribution in [0.15, 0.2) is 81.4 Å². The highest BCUT2D eigenvalue weighted by molar-refractivity contribution is 6.33. The van der Waals surface area contributed by atoms with E-state index in [1.54, 1.807) is 88.0 Å². The molecule has 0 aliphatic carbocycles. The highest BCUT2D eigenvalue weighted by Crippen LogP contribution is 2.40. The number of aryl methyl sites for hydroxylation is 2. The maximum Gasteiger partial charge on any atom is 0.407 e. The molecule has 0 bridgehead atoms. The van der Waals surface area contributed by atoms with Crippen molar-refractivity contribution in [3.8, 4) is 11.5 Å². The molecule has 3 aromatic rings. The number of methoxy groups -OCH3 is 1. The summed E-state index contributed by atoms with van der Waals surface area (Å²) in [5, 5.41) is 13.0. The van der Waals surface area contributed by atoms with E-state index in [9.17, 15) is 24.0 Å². The Morgan fingerprint density at radius 1 is 0.841 bits per heavy atom. The van der Waals surface area contributed by atoms with Gasteiger partial charge in [0.15, 0.2) is 12.6 Å². The number of nitrogens with zero attached hydrogens (tertiary/aromatic N) is 7. The smallest absolute Gasteiger partial charge is 0.407 e. The number of allylic oxidation sites excluding steroid dienone is 2. The Morgan fingerprint density at radius 2 is 1.38 bits per heavy atom. The maximum atomic E-state index is 12.1. The van der Waals surface area contributed by atoms with Gasteiger partial charge in [-0.05, 0) is 118 Å². The number of alkyl carbamates (subject to hydrolysis) is 1. The molecule has 0 spiro atoms. The first-order chi connectivity index (χ1) is 32.8. The van der Waals surface area contributed by atoms with Gasteiger partial charge in [-0.2, -0.15) is 5.10 Å². The van der Waals surface area contributed by atoms with Crippen LogP contribution in [0.1, 0.15) is 78.4 Å². The lowest BCUT2D eigenvalue weighted by molar-refractivity contribution is -0.102. The second kappa shape index (κ2) is 31.3. The van der Waals surface area contributed by atoms with Crippen molar-refractivity contribution in [3.63, 3.8) is 0 Å². The fourth-order valence-electron chi connectivity index (χ4n) is 6.06. The zero-order valence-electron chi connectivity index (χ0n) is 41.6. The highest BCUT2D eigenvalue weighted by Gasteiger charge is 2.21. The molecule has 0 unspecified atom stereocenters. The predicted octanol–water partition coefficient (Wildman–Crippen LogP) is 4.77. The minimum absolute atomic E-state index is 0.125. The number of aldehydes is 2. The largest absolute Gasteiger partial charge is 0.494 e. The molecular weight excluding hydrogens is 887 g/mol. The van der Waals surface area contributed by atoms with Gasteiger partial charge in [-0.15, -0.1) is 0 Å². The van der Waals surface area contributed by atoms with Crippen molar-refractivity contribution < 1.29 is 38.2 Å². The zero-order chi connectivity index (χ0) is 52.1. The molecule has 21 nitrogen and oxygen atoms in total. The maximum absolute atomic E-state index is 12.1. The highest BCUT2D eigenvalue weighted by atomic mass is 16.6.